The highest BCUT2D eigenvalue weighted by atomic mass is 28.3. The van der Waals surface area contributed by atoms with Crippen molar-refractivity contribution in [2.75, 3.05) is 6.54 Å². The van der Waals surface area contributed by atoms with Crippen LogP contribution < -0.4 is 0 Å². The summed E-state index contributed by atoms with van der Waals surface area (Å²) >= 11 is 0. The van der Waals surface area contributed by atoms with Gasteiger partial charge in [0.25, 0.3) is 0 Å². The number of carbonyl (C=O) groups is 1. The van der Waals surface area contributed by atoms with Gasteiger partial charge < -0.3 is 4.90 Å². The molecule has 17 heavy (non-hydrogen) atoms. The second-order valence-electron chi connectivity index (χ2n) is 7.06. The zero-order valence-electron chi connectivity index (χ0n) is 12.3. The molecule has 1 aliphatic heterocycles. The maximum Gasteiger partial charge on any atom is 0.223 e. The molecule has 1 amide bonds. The Morgan fingerprint density at radius 2 is 1.88 bits per heavy atom. The molecule has 1 heterocycles. The quantitative estimate of drug-likeness (QED) is 0.692. The van der Waals surface area contributed by atoms with E-state index in [2.05, 4.69) is 45.7 Å². The molecule has 0 aliphatic carbocycles. The Morgan fingerprint density at radius 1 is 1.29 bits per heavy atom. The van der Waals surface area contributed by atoms with Crippen molar-refractivity contribution in [3.8, 4) is 0 Å². The third kappa shape index (κ3) is 4.45. The SMILES string of the molecule is C[C@@H]1CCC([Si](C)C)N(C(=O)CC(C)(C)C)C1. The van der Waals surface area contributed by atoms with Gasteiger partial charge in [0.2, 0.25) is 5.91 Å². The number of amides is 1. The lowest BCUT2D eigenvalue weighted by atomic mass is 9.90. The number of hydrogen-bond acceptors (Lipinski definition) is 1. The van der Waals surface area contributed by atoms with Crippen molar-refractivity contribution >= 4 is 14.7 Å². The summed E-state index contributed by atoms with van der Waals surface area (Å²) in [6, 6.07) is 0. The van der Waals surface area contributed by atoms with E-state index in [1.54, 1.807) is 0 Å². The summed E-state index contributed by atoms with van der Waals surface area (Å²) in [5, 5.41) is 0. The number of rotatable bonds is 2. The second kappa shape index (κ2) is 5.55. The van der Waals surface area contributed by atoms with Crippen LogP contribution in [0.4, 0.5) is 0 Å². The van der Waals surface area contributed by atoms with Crippen molar-refractivity contribution in [1.29, 1.82) is 0 Å². The molecular weight excluding hydrogens is 226 g/mol. The number of carbonyl (C=O) groups excluding carboxylic acids is 1. The number of nitrogens with zero attached hydrogens (tertiary/aromatic N) is 1. The fourth-order valence-electron chi connectivity index (χ4n) is 2.58. The van der Waals surface area contributed by atoms with Crippen LogP contribution in [0.3, 0.4) is 0 Å². The lowest BCUT2D eigenvalue weighted by Gasteiger charge is -2.41. The topological polar surface area (TPSA) is 20.3 Å². The molecule has 2 nitrogen and oxygen atoms in total. The Kier molecular flexibility index (Phi) is 4.82. The lowest BCUT2D eigenvalue weighted by Crippen LogP contribution is -2.52. The molecular formula is C14H28NOSi. The number of piperidine rings is 1. The summed E-state index contributed by atoms with van der Waals surface area (Å²) in [5.74, 6) is 1.05. The van der Waals surface area contributed by atoms with Crippen molar-refractivity contribution in [2.24, 2.45) is 11.3 Å². The molecule has 0 aromatic carbocycles. The fraction of sp³-hybridized carbons (Fsp3) is 0.929. The molecule has 1 saturated heterocycles. The molecule has 1 aliphatic rings. The molecule has 99 valence electrons. The van der Waals surface area contributed by atoms with Crippen LogP contribution in [-0.2, 0) is 4.79 Å². The van der Waals surface area contributed by atoms with Gasteiger partial charge >= 0.3 is 0 Å². The predicted molar refractivity (Wildman–Crippen MR) is 75.5 cm³/mol. The number of hydrogen-bond donors (Lipinski definition) is 0. The van der Waals surface area contributed by atoms with Gasteiger partial charge in [0.1, 0.15) is 0 Å². The Hall–Kier alpha value is -0.313. The summed E-state index contributed by atoms with van der Waals surface area (Å²) in [4.78, 5) is 14.6. The first-order valence-electron chi connectivity index (χ1n) is 6.80. The van der Waals surface area contributed by atoms with Crippen molar-refractivity contribution in [3.63, 3.8) is 0 Å². The standard InChI is InChI=1S/C14H28NOSi/c1-11-7-8-13(17(5)6)15(10-11)12(16)9-14(2,3)4/h11,13H,7-10H2,1-6H3/t11-,13?/m1/s1. The summed E-state index contributed by atoms with van der Waals surface area (Å²) in [7, 11) is -0.401. The van der Waals surface area contributed by atoms with Gasteiger partial charge in [-0.25, -0.2) is 0 Å². The first kappa shape index (κ1) is 14.7. The molecule has 3 heteroatoms. The molecule has 1 unspecified atom stereocenters. The molecule has 0 saturated carbocycles. The molecule has 0 aromatic rings. The fourth-order valence-corrected chi connectivity index (χ4v) is 4.20. The highest BCUT2D eigenvalue weighted by Gasteiger charge is 2.33. The van der Waals surface area contributed by atoms with E-state index >= 15 is 0 Å². The maximum atomic E-state index is 12.4. The van der Waals surface area contributed by atoms with E-state index in [1.807, 2.05) is 0 Å². The van der Waals surface area contributed by atoms with Gasteiger partial charge in [-0.1, -0.05) is 40.8 Å². The minimum absolute atomic E-state index is 0.108. The monoisotopic (exact) mass is 254 g/mol. The van der Waals surface area contributed by atoms with Crippen LogP contribution in [0.1, 0.15) is 47.0 Å². The van der Waals surface area contributed by atoms with Crippen LogP contribution in [0.2, 0.25) is 13.1 Å². The second-order valence-corrected chi connectivity index (χ2v) is 9.88. The molecule has 0 bridgehead atoms. The zero-order chi connectivity index (χ0) is 13.2. The molecule has 2 atom stereocenters. The van der Waals surface area contributed by atoms with E-state index in [0.29, 0.717) is 23.9 Å². The van der Waals surface area contributed by atoms with E-state index in [1.165, 1.54) is 12.8 Å². The first-order chi connectivity index (χ1) is 7.70. The normalized spacial score (nSPS) is 26.4. The summed E-state index contributed by atoms with van der Waals surface area (Å²) < 4.78 is 0. The average molecular weight is 254 g/mol. The molecule has 1 fully saturated rings. The van der Waals surface area contributed by atoms with Crippen molar-refractivity contribution in [1.82, 2.24) is 4.90 Å². The minimum Gasteiger partial charge on any atom is -0.343 e. The van der Waals surface area contributed by atoms with Gasteiger partial charge in [-0.05, 0) is 24.2 Å². The van der Waals surface area contributed by atoms with Crippen LogP contribution in [0.25, 0.3) is 0 Å². The number of likely N-dealkylation sites (tertiary alicyclic amines) is 1. The molecule has 0 N–H and O–H groups in total. The Morgan fingerprint density at radius 3 is 2.35 bits per heavy atom. The third-order valence-corrected chi connectivity index (χ3v) is 5.42. The van der Waals surface area contributed by atoms with E-state index in [9.17, 15) is 4.79 Å². The van der Waals surface area contributed by atoms with Crippen molar-refractivity contribution in [2.45, 2.75) is 65.7 Å². The highest BCUT2D eigenvalue weighted by molar-refractivity contribution is 6.57. The summed E-state index contributed by atoms with van der Waals surface area (Å²) in [6.45, 7) is 14.4. The smallest absolute Gasteiger partial charge is 0.223 e. The van der Waals surface area contributed by atoms with E-state index in [-0.39, 0.29) is 5.41 Å². The average Bonchev–Trinajstić information content (AvgIpc) is 2.14. The summed E-state index contributed by atoms with van der Waals surface area (Å²) in [5.41, 5.74) is 0.669. The van der Waals surface area contributed by atoms with Gasteiger partial charge in [-0.3, -0.25) is 4.79 Å². The van der Waals surface area contributed by atoms with Gasteiger partial charge in [0.05, 0.1) is 8.80 Å². The van der Waals surface area contributed by atoms with Gasteiger partial charge in [-0.2, -0.15) is 0 Å². The lowest BCUT2D eigenvalue weighted by molar-refractivity contribution is -0.136. The van der Waals surface area contributed by atoms with Crippen LogP contribution >= 0.6 is 0 Å². The molecule has 0 aromatic heterocycles. The molecule has 1 radical (unpaired) electrons. The van der Waals surface area contributed by atoms with E-state index in [0.717, 1.165) is 6.54 Å². The van der Waals surface area contributed by atoms with E-state index < -0.39 is 8.80 Å². The Labute approximate surface area is 108 Å². The first-order valence-corrected chi connectivity index (χ1v) is 9.38. The van der Waals surface area contributed by atoms with Crippen LogP contribution in [0.15, 0.2) is 0 Å². The third-order valence-electron chi connectivity index (χ3n) is 3.49. The van der Waals surface area contributed by atoms with Crippen LogP contribution in [0.5, 0.6) is 0 Å². The maximum absolute atomic E-state index is 12.4. The summed E-state index contributed by atoms with van der Waals surface area (Å²) in [6.07, 6.45) is 3.20. The molecule has 1 rings (SSSR count). The van der Waals surface area contributed by atoms with Crippen LogP contribution in [0, 0.1) is 11.3 Å². The predicted octanol–water partition coefficient (Wildman–Crippen LogP) is 3.34. The van der Waals surface area contributed by atoms with Gasteiger partial charge in [0.15, 0.2) is 0 Å². The van der Waals surface area contributed by atoms with Crippen molar-refractivity contribution in [3.05, 3.63) is 0 Å². The highest BCUT2D eigenvalue weighted by Crippen LogP contribution is 2.27. The van der Waals surface area contributed by atoms with Crippen molar-refractivity contribution < 1.29 is 4.79 Å². The molecule has 0 spiro atoms. The van der Waals surface area contributed by atoms with E-state index in [4.69, 9.17) is 0 Å². The van der Waals surface area contributed by atoms with Crippen LogP contribution in [-0.4, -0.2) is 31.8 Å². The Bertz CT molecular complexity index is 270. The largest absolute Gasteiger partial charge is 0.343 e. The van der Waals surface area contributed by atoms with Gasteiger partial charge in [-0.15, -0.1) is 0 Å². The van der Waals surface area contributed by atoms with Gasteiger partial charge in [0, 0.05) is 18.6 Å². The zero-order valence-corrected chi connectivity index (χ0v) is 13.3. The Balaban J connectivity index is 2.72. The minimum atomic E-state index is -0.401.